The van der Waals surface area contributed by atoms with Crippen LogP contribution in [-0.2, 0) is 4.74 Å². The van der Waals surface area contributed by atoms with Gasteiger partial charge in [0.2, 0.25) is 0 Å². The molecule has 5 atom stereocenters. The summed E-state index contributed by atoms with van der Waals surface area (Å²) in [5.41, 5.74) is 11.7. The molecule has 0 aromatic heterocycles. The Hall–Kier alpha value is -4.51. The molecule has 0 fully saturated rings. The highest BCUT2D eigenvalue weighted by molar-refractivity contribution is 5.97. The fourth-order valence-corrected chi connectivity index (χ4v) is 8.91. The Labute approximate surface area is 280 Å². The average Bonchev–Trinajstić information content (AvgIpc) is 3.69. The third-order valence-corrected chi connectivity index (χ3v) is 11.0. The van der Waals surface area contributed by atoms with E-state index >= 15 is 0 Å². The number of para-hydroxylation sites is 2. The van der Waals surface area contributed by atoms with E-state index in [2.05, 4.69) is 135 Å². The molecule has 0 N–H and O–H groups in total. The standard InChI is InChI=1S/C42H47N3O2/c1-7-43(8-2)30-25-23-29(24-26-30)39(41-31-17-11-12-18-32(31)42(46)47-41)40(37-27(5)44(9-3)35-21-15-13-19-33(35)37)38-28(6)45(10-4)36-22-16-14-20-34(36)38/h11-28,37-38,41H,7-10H2,1-6H3. The summed E-state index contributed by atoms with van der Waals surface area (Å²) in [4.78, 5) is 21.0. The predicted molar refractivity (Wildman–Crippen MR) is 195 cm³/mol. The van der Waals surface area contributed by atoms with Gasteiger partial charge in [-0.2, -0.15) is 0 Å². The Bertz CT molecular complexity index is 1740. The third-order valence-electron chi connectivity index (χ3n) is 11.0. The lowest BCUT2D eigenvalue weighted by atomic mass is 9.71. The van der Waals surface area contributed by atoms with Crippen LogP contribution in [0.2, 0.25) is 0 Å². The lowest BCUT2D eigenvalue weighted by Crippen LogP contribution is -2.36. The van der Waals surface area contributed by atoms with E-state index in [1.165, 1.54) is 33.8 Å². The molecule has 0 bridgehead atoms. The monoisotopic (exact) mass is 625 g/mol. The van der Waals surface area contributed by atoms with Gasteiger partial charge in [-0.25, -0.2) is 4.79 Å². The summed E-state index contributed by atoms with van der Waals surface area (Å²) in [5.74, 6) is -0.0351. The van der Waals surface area contributed by atoms with Gasteiger partial charge in [0, 0.05) is 78.3 Å². The summed E-state index contributed by atoms with van der Waals surface area (Å²) in [5, 5.41) is 0. The van der Waals surface area contributed by atoms with Gasteiger partial charge in [0.05, 0.1) is 5.56 Å². The molecule has 3 heterocycles. The summed E-state index contributed by atoms with van der Waals surface area (Å²) >= 11 is 0. The largest absolute Gasteiger partial charge is 0.449 e. The van der Waals surface area contributed by atoms with Gasteiger partial charge in [-0.3, -0.25) is 0 Å². The molecule has 4 aromatic rings. The van der Waals surface area contributed by atoms with Crippen LogP contribution in [0.15, 0.2) is 103 Å². The first-order chi connectivity index (χ1) is 22.9. The SMILES string of the molecule is CCN(CC)c1ccc(C(=C(C2c3ccccc3N(CC)C2C)C2c3ccccc3N(CC)C2C)C2OC(=O)c3ccccc32)cc1. The van der Waals surface area contributed by atoms with Crippen LogP contribution in [0, 0.1) is 0 Å². The van der Waals surface area contributed by atoms with Gasteiger partial charge in [0.25, 0.3) is 0 Å². The van der Waals surface area contributed by atoms with Crippen molar-refractivity contribution in [3.63, 3.8) is 0 Å². The van der Waals surface area contributed by atoms with Gasteiger partial charge < -0.3 is 19.4 Å². The van der Waals surface area contributed by atoms with Crippen molar-refractivity contribution in [2.45, 2.75) is 71.6 Å². The average molecular weight is 626 g/mol. The van der Waals surface area contributed by atoms with Gasteiger partial charge in [0.1, 0.15) is 0 Å². The minimum atomic E-state index is -0.502. The molecule has 0 saturated heterocycles. The number of esters is 1. The van der Waals surface area contributed by atoms with Crippen LogP contribution in [0.4, 0.5) is 17.1 Å². The van der Waals surface area contributed by atoms with E-state index in [0.717, 1.165) is 42.9 Å². The summed E-state index contributed by atoms with van der Waals surface area (Å²) in [6.07, 6.45) is -0.502. The number of hydrogen-bond donors (Lipinski definition) is 0. The van der Waals surface area contributed by atoms with Crippen LogP contribution in [0.5, 0.6) is 0 Å². The van der Waals surface area contributed by atoms with Crippen molar-refractivity contribution < 1.29 is 9.53 Å². The highest BCUT2D eigenvalue weighted by Crippen LogP contribution is 2.58. The Balaban J connectivity index is 1.57. The highest BCUT2D eigenvalue weighted by atomic mass is 16.5. The number of rotatable bonds is 9. The van der Waals surface area contributed by atoms with E-state index in [4.69, 9.17) is 4.74 Å². The predicted octanol–water partition coefficient (Wildman–Crippen LogP) is 9.22. The molecule has 7 rings (SSSR count). The van der Waals surface area contributed by atoms with Gasteiger partial charge in [-0.1, -0.05) is 66.7 Å². The van der Waals surface area contributed by atoms with E-state index in [-0.39, 0.29) is 29.9 Å². The van der Waals surface area contributed by atoms with Crippen molar-refractivity contribution in [3.05, 3.63) is 130 Å². The van der Waals surface area contributed by atoms with Crippen molar-refractivity contribution in [1.82, 2.24) is 0 Å². The summed E-state index contributed by atoms with van der Waals surface area (Å²) in [6, 6.07) is 35.3. The molecular formula is C42H47N3O2. The number of likely N-dealkylation sites (N-methyl/N-ethyl adjacent to an activating group) is 2. The lowest BCUT2D eigenvalue weighted by molar-refractivity contribution is 0.0480. The minimum Gasteiger partial charge on any atom is -0.449 e. The van der Waals surface area contributed by atoms with Gasteiger partial charge in [0.15, 0.2) is 6.10 Å². The van der Waals surface area contributed by atoms with Crippen LogP contribution >= 0.6 is 0 Å². The Morgan fingerprint density at radius 1 is 0.660 bits per heavy atom. The lowest BCUT2D eigenvalue weighted by Gasteiger charge is -2.36. The maximum absolute atomic E-state index is 13.6. The second kappa shape index (κ2) is 12.6. The first-order valence-corrected chi connectivity index (χ1v) is 17.5. The van der Waals surface area contributed by atoms with Gasteiger partial charge in [-0.05, 0) is 94.1 Å². The fraction of sp³-hybridized carbons (Fsp3) is 0.357. The number of anilines is 3. The van der Waals surface area contributed by atoms with Crippen molar-refractivity contribution in [1.29, 1.82) is 0 Å². The number of carbonyl (C=O) groups is 1. The van der Waals surface area contributed by atoms with Crippen LogP contribution in [0.1, 0.15) is 92.1 Å². The van der Waals surface area contributed by atoms with E-state index in [0.29, 0.717) is 5.56 Å². The molecule has 4 aromatic carbocycles. The molecule has 47 heavy (non-hydrogen) atoms. The fourth-order valence-electron chi connectivity index (χ4n) is 8.91. The first-order valence-electron chi connectivity index (χ1n) is 17.5. The second-order valence-corrected chi connectivity index (χ2v) is 13.1. The molecule has 242 valence electrons. The van der Waals surface area contributed by atoms with Crippen molar-refractivity contribution >= 4 is 28.6 Å². The number of hydrogen-bond acceptors (Lipinski definition) is 5. The zero-order valence-corrected chi connectivity index (χ0v) is 28.6. The summed E-state index contributed by atoms with van der Waals surface area (Å²) < 4.78 is 6.49. The third kappa shape index (κ3) is 4.94. The number of benzene rings is 4. The maximum atomic E-state index is 13.6. The van der Waals surface area contributed by atoms with E-state index < -0.39 is 6.10 Å². The number of fused-ring (bicyclic) bond motifs is 3. The van der Waals surface area contributed by atoms with E-state index in [9.17, 15) is 4.79 Å². The molecule has 0 aliphatic carbocycles. The molecule has 0 saturated carbocycles. The molecule has 5 unspecified atom stereocenters. The second-order valence-electron chi connectivity index (χ2n) is 13.1. The van der Waals surface area contributed by atoms with Crippen LogP contribution in [0.25, 0.3) is 5.57 Å². The van der Waals surface area contributed by atoms with Crippen LogP contribution in [0.3, 0.4) is 0 Å². The molecule has 3 aliphatic rings. The molecule has 3 aliphatic heterocycles. The van der Waals surface area contributed by atoms with Gasteiger partial charge >= 0.3 is 5.97 Å². The van der Waals surface area contributed by atoms with Crippen molar-refractivity contribution in [3.8, 4) is 0 Å². The smallest absolute Gasteiger partial charge is 0.339 e. The number of nitrogens with zero attached hydrogens (tertiary/aromatic N) is 3. The van der Waals surface area contributed by atoms with Crippen molar-refractivity contribution in [2.24, 2.45) is 0 Å². The molecule has 0 amide bonds. The van der Waals surface area contributed by atoms with E-state index in [1.807, 2.05) is 18.2 Å². The molecular weight excluding hydrogens is 578 g/mol. The zero-order valence-electron chi connectivity index (χ0n) is 28.6. The highest BCUT2D eigenvalue weighted by Gasteiger charge is 2.48. The number of carbonyl (C=O) groups excluding carboxylic acids is 1. The maximum Gasteiger partial charge on any atom is 0.339 e. The topological polar surface area (TPSA) is 36.0 Å². The molecule has 5 heteroatoms. The number of ether oxygens (including phenoxy) is 1. The Morgan fingerprint density at radius 3 is 1.66 bits per heavy atom. The minimum absolute atomic E-state index is 0.104. The zero-order chi connectivity index (χ0) is 32.8. The van der Waals surface area contributed by atoms with Crippen LogP contribution in [-0.4, -0.2) is 44.2 Å². The quantitative estimate of drug-likeness (QED) is 0.173. The first kappa shape index (κ1) is 31.1. The summed E-state index contributed by atoms with van der Waals surface area (Å²) in [7, 11) is 0. The van der Waals surface area contributed by atoms with Crippen molar-refractivity contribution in [2.75, 3.05) is 40.9 Å². The Morgan fingerprint density at radius 2 is 1.15 bits per heavy atom. The molecule has 0 radical (unpaired) electrons. The number of cyclic esters (lactones) is 1. The van der Waals surface area contributed by atoms with Gasteiger partial charge in [-0.15, -0.1) is 0 Å². The van der Waals surface area contributed by atoms with E-state index in [1.54, 1.807) is 0 Å². The Kier molecular flexibility index (Phi) is 8.34. The summed E-state index contributed by atoms with van der Waals surface area (Å²) in [6.45, 7) is 17.4. The normalized spacial score (nSPS) is 22.5. The molecule has 5 nitrogen and oxygen atoms in total. The molecule has 0 spiro atoms. The van der Waals surface area contributed by atoms with Crippen LogP contribution < -0.4 is 14.7 Å².